The number of aromatic nitrogens is 4. The zero-order valence-electron chi connectivity index (χ0n) is 14.6. The first-order valence-electron chi connectivity index (χ1n) is 7.71. The first-order chi connectivity index (χ1) is 13.3. The highest BCUT2D eigenvalue weighted by molar-refractivity contribution is 6.30. The van der Waals surface area contributed by atoms with Crippen LogP contribution in [0.2, 0.25) is 5.02 Å². The van der Waals surface area contributed by atoms with E-state index in [1.54, 1.807) is 0 Å². The maximum atomic E-state index is 12.8. The van der Waals surface area contributed by atoms with Gasteiger partial charge in [-0.1, -0.05) is 11.6 Å². The van der Waals surface area contributed by atoms with E-state index in [0.29, 0.717) is 16.8 Å². The van der Waals surface area contributed by atoms with E-state index >= 15 is 0 Å². The molecule has 0 fully saturated rings. The molecule has 2 heterocycles. The van der Waals surface area contributed by atoms with E-state index in [9.17, 15) is 26.3 Å². The molecule has 13 heteroatoms. The van der Waals surface area contributed by atoms with Crippen molar-refractivity contribution < 1.29 is 35.8 Å². The molecule has 0 aliphatic heterocycles. The van der Waals surface area contributed by atoms with Crippen LogP contribution in [0.1, 0.15) is 11.4 Å². The largest absolute Gasteiger partial charge is 0.439 e. The molecule has 0 aliphatic carbocycles. The lowest BCUT2D eigenvalue weighted by atomic mass is 10.3. The van der Waals surface area contributed by atoms with Gasteiger partial charge in [0.15, 0.2) is 5.69 Å². The molecule has 0 aliphatic rings. The molecule has 0 saturated carbocycles. The van der Waals surface area contributed by atoms with Crippen molar-refractivity contribution in [3.05, 3.63) is 46.7 Å². The number of rotatable bonds is 4. The van der Waals surface area contributed by atoms with Crippen LogP contribution < -0.4 is 9.47 Å². The molecule has 1 aromatic carbocycles. The lowest BCUT2D eigenvalue weighted by Crippen LogP contribution is -2.11. The topological polar surface area (TPSA) is 54.1 Å². The minimum atomic E-state index is -4.66. The van der Waals surface area contributed by atoms with Crippen LogP contribution in [-0.2, 0) is 26.4 Å². The second-order valence-corrected chi connectivity index (χ2v) is 6.24. The molecular weight excluding hydrogens is 430 g/mol. The Morgan fingerprint density at radius 1 is 0.793 bits per heavy atom. The Kier molecular flexibility index (Phi) is 5.15. The summed E-state index contributed by atoms with van der Waals surface area (Å²) < 4.78 is 88.9. The average Bonchev–Trinajstić information content (AvgIpc) is 3.09. The first-order valence-corrected chi connectivity index (χ1v) is 8.09. The highest BCUT2D eigenvalue weighted by Crippen LogP contribution is 2.36. The van der Waals surface area contributed by atoms with Crippen LogP contribution in [0.25, 0.3) is 0 Å². The van der Waals surface area contributed by atoms with Crippen LogP contribution in [0.15, 0.2) is 30.3 Å². The highest BCUT2D eigenvalue weighted by Gasteiger charge is 2.36. The quantitative estimate of drug-likeness (QED) is 0.508. The van der Waals surface area contributed by atoms with Crippen molar-refractivity contribution in [2.24, 2.45) is 14.1 Å². The van der Waals surface area contributed by atoms with Gasteiger partial charge in [-0.25, -0.2) is 4.68 Å². The fraction of sp³-hybridized carbons (Fsp3) is 0.250. The maximum absolute atomic E-state index is 12.8. The summed E-state index contributed by atoms with van der Waals surface area (Å²) in [6, 6.07) is 5.18. The summed E-state index contributed by atoms with van der Waals surface area (Å²) in [4.78, 5) is 0. The van der Waals surface area contributed by atoms with Crippen LogP contribution in [0.4, 0.5) is 26.3 Å². The number of hydrogen-bond acceptors (Lipinski definition) is 4. The molecule has 156 valence electrons. The van der Waals surface area contributed by atoms with Gasteiger partial charge in [0.2, 0.25) is 11.8 Å². The summed E-state index contributed by atoms with van der Waals surface area (Å²) >= 11 is 5.94. The van der Waals surface area contributed by atoms with Gasteiger partial charge >= 0.3 is 12.4 Å². The average molecular weight is 441 g/mol. The van der Waals surface area contributed by atoms with Gasteiger partial charge in [0.25, 0.3) is 0 Å². The summed E-state index contributed by atoms with van der Waals surface area (Å²) in [6.45, 7) is 0. The molecule has 0 N–H and O–H groups in total. The van der Waals surface area contributed by atoms with Crippen LogP contribution >= 0.6 is 11.6 Å². The maximum Gasteiger partial charge on any atom is 0.435 e. The smallest absolute Gasteiger partial charge is 0.435 e. The Morgan fingerprint density at radius 2 is 1.41 bits per heavy atom. The monoisotopic (exact) mass is 440 g/mol. The summed E-state index contributed by atoms with van der Waals surface area (Å²) in [5.74, 6) is -0.635. The van der Waals surface area contributed by atoms with Crippen molar-refractivity contribution in [1.82, 2.24) is 19.6 Å². The fourth-order valence-electron chi connectivity index (χ4n) is 2.34. The van der Waals surface area contributed by atoms with Gasteiger partial charge in [0.05, 0.1) is 0 Å². The second kappa shape index (κ2) is 7.17. The number of hydrogen-bond donors (Lipinski definition) is 0. The van der Waals surface area contributed by atoms with Gasteiger partial charge in [0, 0.05) is 37.3 Å². The van der Waals surface area contributed by atoms with Gasteiger partial charge < -0.3 is 9.47 Å². The minimum absolute atomic E-state index is 0.0174. The molecule has 29 heavy (non-hydrogen) atoms. The fourth-order valence-corrected chi connectivity index (χ4v) is 2.55. The van der Waals surface area contributed by atoms with E-state index < -0.39 is 23.7 Å². The second-order valence-electron chi connectivity index (χ2n) is 5.81. The number of benzene rings is 1. The predicted octanol–water partition coefficient (Wildman–Crippen LogP) is 5.43. The molecule has 0 spiro atoms. The van der Waals surface area contributed by atoms with E-state index in [1.165, 1.54) is 25.2 Å². The number of nitrogens with zero attached hydrogens (tertiary/aromatic N) is 4. The highest BCUT2D eigenvalue weighted by atomic mass is 35.5. The Labute approximate surface area is 164 Å². The third kappa shape index (κ3) is 4.75. The Morgan fingerprint density at radius 3 is 1.93 bits per heavy atom. The summed E-state index contributed by atoms with van der Waals surface area (Å²) in [7, 11) is 2.35. The minimum Gasteiger partial charge on any atom is -0.439 e. The van der Waals surface area contributed by atoms with Gasteiger partial charge in [-0.05, 0) is 12.1 Å². The summed E-state index contributed by atoms with van der Waals surface area (Å²) in [6.07, 6.45) is -9.28. The molecule has 6 nitrogen and oxygen atoms in total. The molecule has 0 radical (unpaired) electrons. The molecule has 2 aromatic heterocycles. The van der Waals surface area contributed by atoms with E-state index in [2.05, 4.69) is 10.2 Å². The molecule has 0 unspecified atom stereocenters. The van der Waals surface area contributed by atoms with Gasteiger partial charge in [-0.3, -0.25) is 4.68 Å². The number of halogens is 7. The van der Waals surface area contributed by atoms with Crippen LogP contribution in [0.5, 0.6) is 23.3 Å². The molecular formula is C16H11ClF6N4O2. The van der Waals surface area contributed by atoms with Gasteiger partial charge in [0.1, 0.15) is 17.2 Å². The Hall–Kier alpha value is -2.89. The third-order valence-electron chi connectivity index (χ3n) is 3.56. The first kappa shape index (κ1) is 20.8. The predicted molar refractivity (Wildman–Crippen MR) is 88.0 cm³/mol. The van der Waals surface area contributed by atoms with E-state index in [4.69, 9.17) is 21.1 Å². The number of aryl methyl sites for hydroxylation is 2. The normalized spacial score (nSPS) is 12.3. The van der Waals surface area contributed by atoms with Gasteiger partial charge in [-0.15, -0.1) is 5.10 Å². The Balaban J connectivity index is 1.85. The third-order valence-corrected chi connectivity index (χ3v) is 3.78. The zero-order valence-corrected chi connectivity index (χ0v) is 15.4. The Bertz CT molecular complexity index is 1040. The molecule has 0 bridgehead atoms. The van der Waals surface area contributed by atoms with Crippen molar-refractivity contribution >= 4 is 11.6 Å². The van der Waals surface area contributed by atoms with Gasteiger partial charge in [-0.2, -0.15) is 31.4 Å². The lowest BCUT2D eigenvalue weighted by molar-refractivity contribution is -0.143. The lowest BCUT2D eigenvalue weighted by Gasteiger charge is -2.08. The van der Waals surface area contributed by atoms with E-state index in [0.717, 1.165) is 11.7 Å². The van der Waals surface area contributed by atoms with Crippen molar-refractivity contribution in [2.45, 2.75) is 12.4 Å². The molecule has 0 atom stereocenters. The standard InChI is InChI=1S/C16H11ClF6N4O2/c1-26-12(16(21,22)23)7-13(25-26)28-9-3-8(17)4-10(5-9)29-14-6-11(15(18,19)20)24-27(14)2/h3-7H,1-2H3. The zero-order chi connectivity index (χ0) is 21.6. The molecule has 3 aromatic rings. The molecule has 0 saturated heterocycles. The van der Waals surface area contributed by atoms with E-state index in [1.807, 2.05) is 0 Å². The van der Waals surface area contributed by atoms with Crippen molar-refractivity contribution in [1.29, 1.82) is 0 Å². The number of alkyl halides is 6. The van der Waals surface area contributed by atoms with Crippen molar-refractivity contribution in [3.8, 4) is 23.3 Å². The molecule has 3 rings (SSSR count). The summed E-state index contributed by atoms with van der Waals surface area (Å²) in [5.41, 5.74) is -2.18. The summed E-state index contributed by atoms with van der Waals surface area (Å²) in [5, 5.41) is 6.99. The van der Waals surface area contributed by atoms with Crippen LogP contribution in [-0.4, -0.2) is 19.6 Å². The van der Waals surface area contributed by atoms with Crippen molar-refractivity contribution in [3.63, 3.8) is 0 Å². The van der Waals surface area contributed by atoms with Crippen LogP contribution in [0, 0.1) is 0 Å². The van der Waals surface area contributed by atoms with E-state index in [-0.39, 0.29) is 28.3 Å². The van der Waals surface area contributed by atoms with Crippen LogP contribution in [0.3, 0.4) is 0 Å². The van der Waals surface area contributed by atoms with Crippen molar-refractivity contribution in [2.75, 3.05) is 0 Å². The molecule has 0 amide bonds. The number of ether oxygens (including phenoxy) is 2. The SMILES string of the molecule is Cn1nc(C(F)(F)F)cc1Oc1cc(Cl)cc(Oc2cc(C(F)(F)F)n(C)n2)c1.